The van der Waals surface area contributed by atoms with E-state index in [2.05, 4.69) is 21.2 Å². The molecule has 1 aromatic rings. The van der Waals surface area contributed by atoms with Crippen molar-refractivity contribution in [2.45, 2.75) is 6.92 Å². The van der Waals surface area contributed by atoms with E-state index >= 15 is 0 Å². The molecule has 82 valence electrons. The Labute approximate surface area is 98.6 Å². The van der Waals surface area contributed by atoms with Gasteiger partial charge in [-0.25, -0.2) is 0 Å². The Kier molecular flexibility index (Phi) is 4.15. The van der Waals surface area contributed by atoms with Crippen molar-refractivity contribution in [3.05, 3.63) is 28.2 Å². The minimum absolute atomic E-state index is 0.0626. The third-order valence-electron chi connectivity index (χ3n) is 1.98. The second-order valence-electron chi connectivity index (χ2n) is 3.66. The van der Waals surface area contributed by atoms with Gasteiger partial charge < -0.3 is 10.2 Å². The zero-order valence-corrected chi connectivity index (χ0v) is 10.8. The van der Waals surface area contributed by atoms with Crippen LogP contribution in [0, 0.1) is 6.92 Å². The summed E-state index contributed by atoms with van der Waals surface area (Å²) in [6, 6.07) is 5.99. The molecule has 4 heteroatoms. The van der Waals surface area contributed by atoms with Crippen LogP contribution >= 0.6 is 15.9 Å². The molecule has 0 radical (unpaired) electrons. The van der Waals surface area contributed by atoms with Gasteiger partial charge in [0.05, 0.1) is 6.54 Å². The van der Waals surface area contributed by atoms with Gasteiger partial charge in [-0.3, -0.25) is 4.79 Å². The number of nitrogens with one attached hydrogen (secondary N) is 1. The molecule has 0 saturated carbocycles. The van der Waals surface area contributed by atoms with Crippen molar-refractivity contribution in [1.29, 1.82) is 0 Å². The number of anilines is 1. The third-order valence-corrected chi connectivity index (χ3v) is 2.44. The van der Waals surface area contributed by atoms with Crippen LogP contribution in [-0.2, 0) is 4.79 Å². The first-order valence-electron chi connectivity index (χ1n) is 4.70. The van der Waals surface area contributed by atoms with Crippen LogP contribution < -0.4 is 5.32 Å². The summed E-state index contributed by atoms with van der Waals surface area (Å²) in [5.41, 5.74) is 2.11. The van der Waals surface area contributed by atoms with Gasteiger partial charge in [-0.15, -0.1) is 0 Å². The van der Waals surface area contributed by atoms with E-state index in [9.17, 15) is 4.79 Å². The predicted octanol–water partition coefficient (Wildman–Crippen LogP) is 2.26. The monoisotopic (exact) mass is 270 g/mol. The molecule has 1 aromatic carbocycles. The lowest BCUT2D eigenvalue weighted by atomic mass is 10.2. The molecule has 0 bridgehead atoms. The molecule has 0 aliphatic heterocycles. The van der Waals surface area contributed by atoms with Crippen molar-refractivity contribution < 1.29 is 4.79 Å². The van der Waals surface area contributed by atoms with E-state index in [1.165, 1.54) is 0 Å². The normalized spacial score (nSPS) is 9.87. The lowest BCUT2D eigenvalue weighted by Gasteiger charge is -2.12. The number of carbonyl (C=O) groups is 1. The molecule has 0 spiro atoms. The minimum atomic E-state index is 0.0626. The van der Waals surface area contributed by atoms with Gasteiger partial charge in [0.25, 0.3) is 0 Å². The molecule has 0 atom stereocenters. The maximum atomic E-state index is 11.3. The molecule has 3 nitrogen and oxygen atoms in total. The van der Waals surface area contributed by atoms with Gasteiger partial charge in [-0.2, -0.15) is 0 Å². The summed E-state index contributed by atoms with van der Waals surface area (Å²) in [4.78, 5) is 12.9. The maximum Gasteiger partial charge on any atom is 0.241 e. The summed E-state index contributed by atoms with van der Waals surface area (Å²) in [5.74, 6) is 0.0626. The largest absolute Gasteiger partial charge is 0.376 e. The van der Waals surface area contributed by atoms with Crippen LogP contribution in [0.15, 0.2) is 22.7 Å². The van der Waals surface area contributed by atoms with E-state index in [0.29, 0.717) is 6.54 Å². The van der Waals surface area contributed by atoms with Gasteiger partial charge in [-0.1, -0.05) is 15.9 Å². The molecular formula is C11H15BrN2O. The smallest absolute Gasteiger partial charge is 0.241 e. The van der Waals surface area contributed by atoms with Gasteiger partial charge in [0.15, 0.2) is 0 Å². The minimum Gasteiger partial charge on any atom is -0.376 e. The number of benzene rings is 1. The number of hydrogen-bond acceptors (Lipinski definition) is 2. The third kappa shape index (κ3) is 3.91. The second-order valence-corrected chi connectivity index (χ2v) is 4.57. The average molecular weight is 271 g/mol. The van der Waals surface area contributed by atoms with E-state index in [1.54, 1.807) is 19.0 Å². The highest BCUT2D eigenvalue weighted by molar-refractivity contribution is 9.10. The maximum absolute atomic E-state index is 11.3. The van der Waals surface area contributed by atoms with Crippen LogP contribution in [0.1, 0.15) is 5.56 Å². The standard InChI is InChI=1S/C11H15BrN2O/c1-8-4-9(12)6-10(5-8)13-7-11(15)14(2)3/h4-6,13H,7H2,1-3H3. The topological polar surface area (TPSA) is 32.3 Å². The number of amides is 1. The number of rotatable bonds is 3. The number of nitrogens with zero attached hydrogens (tertiary/aromatic N) is 1. The highest BCUT2D eigenvalue weighted by Crippen LogP contribution is 2.18. The van der Waals surface area contributed by atoms with E-state index in [0.717, 1.165) is 15.7 Å². The van der Waals surface area contributed by atoms with Crippen molar-refractivity contribution in [3.63, 3.8) is 0 Å². The van der Waals surface area contributed by atoms with Gasteiger partial charge in [0, 0.05) is 24.3 Å². The first kappa shape index (κ1) is 12.0. The highest BCUT2D eigenvalue weighted by atomic mass is 79.9. The van der Waals surface area contributed by atoms with Crippen molar-refractivity contribution in [1.82, 2.24) is 4.90 Å². The second kappa shape index (κ2) is 5.16. The lowest BCUT2D eigenvalue weighted by molar-refractivity contribution is -0.126. The fourth-order valence-corrected chi connectivity index (χ4v) is 1.78. The van der Waals surface area contributed by atoms with Crippen molar-refractivity contribution in [2.24, 2.45) is 0 Å². The number of halogens is 1. The number of hydrogen-bond donors (Lipinski definition) is 1. The van der Waals surface area contributed by atoms with Gasteiger partial charge in [0.1, 0.15) is 0 Å². The molecule has 1 N–H and O–H groups in total. The van der Waals surface area contributed by atoms with Crippen molar-refractivity contribution >= 4 is 27.5 Å². The van der Waals surface area contributed by atoms with Crippen LogP contribution in [0.3, 0.4) is 0 Å². The van der Waals surface area contributed by atoms with Gasteiger partial charge in [-0.05, 0) is 30.7 Å². The molecule has 0 aliphatic carbocycles. The number of aryl methyl sites for hydroxylation is 1. The summed E-state index contributed by atoms with van der Waals surface area (Å²) >= 11 is 3.41. The summed E-state index contributed by atoms with van der Waals surface area (Å²) in [6.07, 6.45) is 0. The van der Waals surface area contributed by atoms with Crippen LogP contribution in [0.5, 0.6) is 0 Å². The van der Waals surface area contributed by atoms with Crippen LogP contribution in [0.25, 0.3) is 0 Å². The Balaban J connectivity index is 2.61. The van der Waals surface area contributed by atoms with E-state index in [4.69, 9.17) is 0 Å². The molecule has 0 aliphatic rings. The van der Waals surface area contributed by atoms with Crippen molar-refractivity contribution in [2.75, 3.05) is 26.0 Å². The van der Waals surface area contributed by atoms with E-state index < -0.39 is 0 Å². The zero-order chi connectivity index (χ0) is 11.4. The molecule has 0 unspecified atom stereocenters. The SMILES string of the molecule is Cc1cc(Br)cc(NCC(=O)N(C)C)c1. The average Bonchev–Trinajstić information content (AvgIpc) is 2.12. The van der Waals surface area contributed by atoms with Crippen LogP contribution in [-0.4, -0.2) is 31.4 Å². The van der Waals surface area contributed by atoms with Gasteiger partial charge >= 0.3 is 0 Å². The summed E-state index contributed by atoms with van der Waals surface area (Å²) in [5, 5.41) is 3.09. The Morgan fingerprint density at radius 1 is 1.40 bits per heavy atom. The molecule has 1 amide bonds. The Hall–Kier alpha value is -1.03. The molecule has 0 fully saturated rings. The Morgan fingerprint density at radius 3 is 2.60 bits per heavy atom. The first-order chi connectivity index (χ1) is 6.99. The summed E-state index contributed by atoms with van der Waals surface area (Å²) in [7, 11) is 3.49. The molecule has 0 aromatic heterocycles. The summed E-state index contributed by atoms with van der Waals surface area (Å²) in [6.45, 7) is 2.34. The number of carbonyl (C=O) groups excluding carboxylic acids is 1. The van der Waals surface area contributed by atoms with E-state index in [-0.39, 0.29) is 5.91 Å². The van der Waals surface area contributed by atoms with Crippen LogP contribution in [0.2, 0.25) is 0 Å². The fraction of sp³-hybridized carbons (Fsp3) is 0.364. The molecule has 15 heavy (non-hydrogen) atoms. The molecular weight excluding hydrogens is 256 g/mol. The lowest BCUT2D eigenvalue weighted by Crippen LogP contribution is -2.28. The van der Waals surface area contributed by atoms with E-state index in [1.807, 2.05) is 25.1 Å². The fourth-order valence-electron chi connectivity index (χ4n) is 1.17. The summed E-state index contributed by atoms with van der Waals surface area (Å²) < 4.78 is 1.02. The molecule has 0 heterocycles. The highest BCUT2D eigenvalue weighted by Gasteiger charge is 2.03. The molecule has 0 saturated heterocycles. The Bertz CT molecular complexity index is 343. The predicted molar refractivity (Wildman–Crippen MR) is 66.1 cm³/mol. The first-order valence-corrected chi connectivity index (χ1v) is 5.49. The van der Waals surface area contributed by atoms with Crippen LogP contribution in [0.4, 0.5) is 5.69 Å². The van der Waals surface area contributed by atoms with Gasteiger partial charge in [0.2, 0.25) is 5.91 Å². The number of likely N-dealkylation sites (N-methyl/N-ethyl adjacent to an activating group) is 1. The van der Waals surface area contributed by atoms with Crippen molar-refractivity contribution in [3.8, 4) is 0 Å². The Morgan fingerprint density at radius 2 is 2.07 bits per heavy atom. The zero-order valence-electron chi connectivity index (χ0n) is 9.17. The quantitative estimate of drug-likeness (QED) is 0.914. The molecule has 1 rings (SSSR count).